The van der Waals surface area contributed by atoms with Crippen molar-refractivity contribution in [3.8, 4) is 0 Å². The maximum atomic E-state index is 12.8. The number of hydrogen-bond acceptors (Lipinski definition) is 5. The van der Waals surface area contributed by atoms with Crippen LogP contribution in [0, 0.1) is 5.92 Å². The molecule has 1 aliphatic carbocycles. The van der Waals surface area contributed by atoms with Gasteiger partial charge in [0.2, 0.25) is 5.91 Å². The maximum absolute atomic E-state index is 12.8. The van der Waals surface area contributed by atoms with E-state index in [2.05, 4.69) is 0 Å². The summed E-state index contributed by atoms with van der Waals surface area (Å²) in [5.41, 5.74) is -4.70. The van der Waals surface area contributed by atoms with Gasteiger partial charge in [-0.3, -0.25) is 4.79 Å². The molecular formula is C17H19F6NO4S. The normalized spacial score (nSPS) is 17.6. The van der Waals surface area contributed by atoms with Crippen molar-refractivity contribution in [2.75, 3.05) is 11.9 Å². The van der Waals surface area contributed by atoms with E-state index in [-0.39, 0.29) is 23.1 Å². The Balaban J connectivity index is 2.36. The maximum Gasteiger partial charge on any atom is 0.426 e. The topological polar surface area (TPSA) is 75.6 Å². The predicted octanol–water partition coefficient (Wildman–Crippen LogP) is 4.23. The van der Waals surface area contributed by atoms with Crippen LogP contribution in [-0.4, -0.2) is 41.5 Å². The van der Waals surface area contributed by atoms with Crippen molar-refractivity contribution in [1.29, 1.82) is 0 Å². The molecule has 1 aliphatic rings. The van der Waals surface area contributed by atoms with Crippen LogP contribution in [-0.2, 0) is 22.4 Å². The summed E-state index contributed by atoms with van der Waals surface area (Å²) in [6.07, 6.45) is -12.8. The van der Waals surface area contributed by atoms with Crippen LogP contribution < -0.4 is 5.32 Å². The van der Waals surface area contributed by atoms with Gasteiger partial charge in [0.15, 0.2) is 0 Å². The van der Waals surface area contributed by atoms with Crippen LogP contribution in [0.4, 0.5) is 31.3 Å². The van der Waals surface area contributed by atoms with Gasteiger partial charge in [-0.1, -0.05) is 6.92 Å². The lowest BCUT2D eigenvalue weighted by Gasteiger charge is -2.31. The summed E-state index contributed by atoms with van der Waals surface area (Å²) in [6.45, 7) is 3.48. The van der Waals surface area contributed by atoms with Crippen molar-refractivity contribution < 1.29 is 45.8 Å². The number of alkyl halides is 6. The smallest absolute Gasteiger partial charge is 0.426 e. The van der Waals surface area contributed by atoms with Gasteiger partial charge in [0.1, 0.15) is 5.00 Å². The Morgan fingerprint density at radius 3 is 2.31 bits per heavy atom. The molecule has 1 amide bonds. The van der Waals surface area contributed by atoms with Crippen molar-refractivity contribution >= 4 is 28.2 Å². The summed E-state index contributed by atoms with van der Waals surface area (Å²) in [5.74, 6) is -2.28. The minimum absolute atomic E-state index is 0.00482. The van der Waals surface area contributed by atoms with Crippen LogP contribution in [0.1, 0.15) is 47.5 Å². The summed E-state index contributed by atoms with van der Waals surface area (Å²) in [5, 5.41) is 11.0. The number of nitrogens with one attached hydrogen (secondary N) is 1. The summed E-state index contributed by atoms with van der Waals surface area (Å²) < 4.78 is 81.8. The zero-order chi connectivity index (χ0) is 22.2. The minimum atomic E-state index is -6.11. The van der Waals surface area contributed by atoms with E-state index < -0.39 is 36.3 Å². The molecular weight excluding hydrogens is 428 g/mol. The van der Waals surface area contributed by atoms with E-state index in [1.165, 1.54) is 6.92 Å². The molecule has 0 saturated heterocycles. The number of ether oxygens (including phenoxy) is 1. The average Bonchev–Trinajstić information content (AvgIpc) is 2.89. The Bertz CT molecular complexity index is 772. The number of amides is 1. The first-order valence-corrected chi connectivity index (χ1v) is 9.50. The number of carbonyl (C=O) groups excluding carboxylic acids is 2. The molecule has 1 aromatic heterocycles. The van der Waals surface area contributed by atoms with Crippen molar-refractivity contribution in [2.24, 2.45) is 5.92 Å². The Labute approximate surface area is 166 Å². The molecule has 0 fully saturated rings. The summed E-state index contributed by atoms with van der Waals surface area (Å²) in [7, 11) is 0. The number of rotatable bonds is 5. The highest BCUT2D eigenvalue weighted by Crippen LogP contribution is 2.46. The van der Waals surface area contributed by atoms with Crippen molar-refractivity contribution in [3.05, 3.63) is 16.0 Å². The molecule has 2 rings (SSSR count). The molecule has 1 aromatic rings. The van der Waals surface area contributed by atoms with Crippen molar-refractivity contribution in [1.82, 2.24) is 0 Å². The van der Waals surface area contributed by atoms with Crippen LogP contribution in [0.25, 0.3) is 0 Å². The molecule has 29 heavy (non-hydrogen) atoms. The number of halogens is 6. The molecule has 164 valence electrons. The summed E-state index contributed by atoms with van der Waals surface area (Å²) in [6, 6.07) is 0. The van der Waals surface area contributed by atoms with Gasteiger partial charge in [-0.15, -0.1) is 11.3 Å². The molecule has 2 N–H and O–H groups in total. The highest BCUT2D eigenvalue weighted by molar-refractivity contribution is 7.17. The first kappa shape index (κ1) is 23.5. The second-order valence-corrected chi connectivity index (χ2v) is 7.96. The molecule has 5 nitrogen and oxygen atoms in total. The number of thiophene rings is 1. The number of carbonyl (C=O) groups is 2. The molecule has 0 saturated carbocycles. The highest BCUT2D eigenvalue weighted by atomic mass is 32.1. The second-order valence-electron chi connectivity index (χ2n) is 6.86. The number of anilines is 1. The van der Waals surface area contributed by atoms with Gasteiger partial charge < -0.3 is 15.2 Å². The van der Waals surface area contributed by atoms with Crippen LogP contribution in [0.15, 0.2) is 0 Å². The van der Waals surface area contributed by atoms with Gasteiger partial charge in [0.25, 0.3) is 5.60 Å². The zero-order valence-electron chi connectivity index (χ0n) is 15.5. The quantitative estimate of drug-likeness (QED) is 0.523. The molecule has 1 unspecified atom stereocenters. The monoisotopic (exact) mass is 447 g/mol. The predicted molar refractivity (Wildman–Crippen MR) is 91.8 cm³/mol. The van der Waals surface area contributed by atoms with Gasteiger partial charge >= 0.3 is 18.3 Å². The van der Waals surface area contributed by atoms with Gasteiger partial charge in [0.05, 0.1) is 18.6 Å². The SMILES string of the molecule is CCOC(=O)c1c(NC(=O)CC(O)(C(F)(F)F)C(F)(F)F)sc2c1CCC(C)C2. The third kappa shape index (κ3) is 4.68. The Morgan fingerprint density at radius 2 is 1.79 bits per heavy atom. The number of aliphatic hydroxyl groups is 1. The fraction of sp³-hybridized carbons (Fsp3) is 0.647. The van der Waals surface area contributed by atoms with Gasteiger partial charge in [0, 0.05) is 4.88 Å². The van der Waals surface area contributed by atoms with E-state index in [1.807, 2.05) is 12.2 Å². The van der Waals surface area contributed by atoms with Gasteiger partial charge in [-0.05, 0) is 37.7 Å². The van der Waals surface area contributed by atoms with E-state index in [0.29, 0.717) is 23.3 Å². The number of esters is 1. The number of fused-ring (bicyclic) bond motifs is 1. The van der Waals surface area contributed by atoms with Crippen molar-refractivity contribution in [2.45, 2.75) is 57.5 Å². The van der Waals surface area contributed by atoms with Crippen molar-refractivity contribution in [3.63, 3.8) is 0 Å². The van der Waals surface area contributed by atoms with Gasteiger partial charge in [-0.2, -0.15) is 26.3 Å². The van der Waals surface area contributed by atoms with Crippen LogP contribution in [0.2, 0.25) is 0 Å². The fourth-order valence-corrected chi connectivity index (χ4v) is 4.44. The molecule has 1 heterocycles. The molecule has 0 radical (unpaired) electrons. The summed E-state index contributed by atoms with van der Waals surface area (Å²) >= 11 is 0.912. The lowest BCUT2D eigenvalue weighted by atomic mass is 9.88. The Kier molecular flexibility index (Phi) is 6.58. The third-order valence-electron chi connectivity index (χ3n) is 4.60. The third-order valence-corrected chi connectivity index (χ3v) is 5.77. The van der Waals surface area contributed by atoms with E-state index in [0.717, 1.165) is 17.8 Å². The molecule has 0 aromatic carbocycles. The van der Waals surface area contributed by atoms with Crippen LogP contribution in [0.3, 0.4) is 0 Å². The van der Waals surface area contributed by atoms with Gasteiger partial charge in [-0.25, -0.2) is 4.79 Å². The standard InChI is InChI=1S/C17H19F6NO4S/c1-3-28-14(26)12-9-5-4-8(2)6-10(9)29-13(12)24-11(25)7-15(27,16(18,19)20)17(21,22)23/h8,27H,3-7H2,1-2H3,(H,24,25). The van der Waals surface area contributed by atoms with E-state index in [9.17, 15) is 41.0 Å². The Morgan fingerprint density at radius 1 is 1.21 bits per heavy atom. The zero-order valence-corrected chi connectivity index (χ0v) is 16.3. The largest absolute Gasteiger partial charge is 0.462 e. The van der Waals surface area contributed by atoms with E-state index in [4.69, 9.17) is 4.74 Å². The number of hydrogen-bond donors (Lipinski definition) is 2. The molecule has 1 atom stereocenters. The second kappa shape index (κ2) is 8.13. The fourth-order valence-electron chi connectivity index (χ4n) is 3.02. The highest BCUT2D eigenvalue weighted by Gasteiger charge is 2.71. The summed E-state index contributed by atoms with van der Waals surface area (Å²) in [4.78, 5) is 25.0. The van der Waals surface area contributed by atoms with Crippen LogP contribution in [0.5, 0.6) is 0 Å². The molecule has 0 bridgehead atoms. The lowest BCUT2D eigenvalue weighted by molar-refractivity contribution is -0.366. The average molecular weight is 447 g/mol. The molecule has 0 aliphatic heterocycles. The van der Waals surface area contributed by atoms with E-state index >= 15 is 0 Å². The van der Waals surface area contributed by atoms with E-state index in [1.54, 1.807) is 0 Å². The molecule has 0 spiro atoms. The van der Waals surface area contributed by atoms with Crippen LogP contribution >= 0.6 is 11.3 Å². The lowest BCUT2D eigenvalue weighted by Crippen LogP contribution is -2.58. The molecule has 12 heteroatoms. The first-order chi connectivity index (χ1) is 13.2. The Hall–Kier alpha value is -1.82. The first-order valence-electron chi connectivity index (χ1n) is 8.68. The minimum Gasteiger partial charge on any atom is -0.462 e.